The molecule has 17 heavy (non-hydrogen) atoms. The van der Waals surface area contributed by atoms with Crippen LogP contribution in [-0.4, -0.2) is 26.9 Å². The summed E-state index contributed by atoms with van der Waals surface area (Å²) in [4.78, 5) is 11.6. The predicted molar refractivity (Wildman–Crippen MR) is 62.3 cm³/mol. The standard InChI is InChI=1S/C11H14N2O4/c1-3-6(2)12-13-11(17)7-4-8(14)10(16)9(15)5-7/h4-5,14-16H,3H2,1-2H3,(H,13,17). The fourth-order valence-electron chi connectivity index (χ4n) is 1.03. The minimum Gasteiger partial charge on any atom is -0.504 e. The highest BCUT2D eigenvalue weighted by molar-refractivity contribution is 5.96. The van der Waals surface area contributed by atoms with Crippen molar-refractivity contribution in [2.45, 2.75) is 20.3 Å². The highest BCUT2D eigenvalue weighted by Crippen LogP contribution is 2.35. The maximum absolute atomic E-state index is 11.6. The number of phenols is 3. The molecule has 0 aliphatic rings. The molecule has 0 fully saturated rings. The van der Waals surface area contributed by atoms with Crippen molar-refractivity contribution in [1.82, 2.24) is 5.43 Å². The molecular formula is C11H14N2O4. The van der Waals surface area contributed by atoms with Gasteiger partial charge in [0, 0.05) is 11.3 Å². The molecule has 0 saturated heterocycles. The molecule has 6 heteroatoms. The molecule has 1 rings (SSSR count). The Bertz CT molecular complexity index is 446. The first-order chi connectivity index (χ1) is 7.95. The van der Waals surface area contributed by atoms with E-state index < -0.39 is 23.2 Å². The lowest BCUT2D eigenvalue weighted by Crippen LogP contribution is -2.18. The Kier molecular flexibility index (Phi) is 3.92. The van der Waals surface area contributed by atoms with Crippen LogP contribution in [0.1, 0.15) is 30.6 Å². The number of rotatable bonds is 3. The number of carbonyl (C=O) groups excluding carboxylic acids is 1. The van der Waals surface area contributed by atoms with Crippen LogP contribution in [0.4, 0.5) is 0 Å². The zero-order valence-electron chi connectivity index (χ0n) is 9.56. The molecule has 0 heterocycles. The molecule has 0 aliphatic carbocycles. The number of phenolic OH excluding ortho intramolecular Hbond substituents is 3. The molecule has 0 atom stereocenters. The molecule has 0 bridgehead atoms. The third-order valence-corrected chi connectivity index (χ3v) is 2.19. The van der Waals surface area contributed by atoms with E-state index in [0.29, 0.717) is 6.42 Å². The Morgan fingerprint density at radius 2 is 1.82 bits per heavy atom. The number of aromatic hydroxyl groups is 3. The first kappa shape index (κ1) is 12.8. The average Bonchev–Trinajstić information content (AvgIpc) is 2.31. The summed E-state index contributed by atoms with van der Waals surface area (Å²) in [6.07, 6.45) is 0.701. The topological polar surface area (TPSA) is 102 Å². The number of hydrogen-bond donors (Lipinski definition) is 4. The second-order valence-corrected chi connectivity index (χ2v) is 3.50. The van der Waals surface area contributed by atoms with Crippen molar-refractivity contribution in [1.29, 1.82) is 0 Å². The maximum Gasteiger partial charge on any atom is 0.271 e. The van der Waals surface area contributed by atoms with E-state index >= 15 is 0 Å². The van der Waals surface area contributed by atoms with Crippen LogP contribution in [0.5, 0.6) is 17.2 Å². The molecule has 0 unspecified atom stereocenters. The van der Waals surface area contributed by atoms with Crippen molar-refractivity contribution in [3.8, 4) is 17.2 Å². The van der Waals surface area contributed by atoms with Crippen LogP contribution in [0.2, 0.25) is 0 Å². The third-order valence-electron chi connectivity index (χ3n) is 2.19. The lowest BCUT2D eigenvalue weighted by Gasteiger charge is -2.05. The normalized spacial score (nSPS) is 11.3. The number of benzene rings is 1. The second-order valence-electron chi connectivity index (χ2n) is 3.50. The van der Waals surface area contributed by atoms with E-state index in [4.69, 9.17) is 5.11 Å². The van der Waals surface area contributed by atoms with Crippen molar-refractivity contribution in [3.63, 3.8) is 0 Å². The summed E-state index contributed by atoms with van der Waals surface area (Å²) >= 11 is 0. The molecule has 6 nitrogen and oxygen atoms in total. The largest absolute Gasteiger partial charge is 0.504 e. The summed E-state index contributed by atoms with van der Waals surface area (Å²) in [7, 11) is 0. The molecule has 92 valence electrons. The summed E-state index contributed by atoms with van der Waals surface area (Å²) in [6, 6.07) is 2.09. The van der Waals surface area contributed by atoms with E-state index in [0.717, 1.165) is 17.8 Å². The quantitative estimate of drug-likeness (QED) is 0.362. The van der Waals surface area contributed by atoms with Gasteiger partial charge in [-0.25, -0.2) is 5.43 Å². The smallest absolute Gasteiger partial charge is 0.271 e. The van der Waals surface area contributed by atoms with Gasteiger partial charge in [-0.05, 0) is 25.5 Å². The number of amides is 1. The van der Waals surface area contributed by atoms with Crippen molar-refractivity contribution in [2.24, 2.45) is 5.10 Å². The van der Waals surface area contributed by atoms with Crippen LogP contribution in [0, 0.1) is 0 Å². The first-order valence-corrected chi connectivity index (χ1v) is 5.04. The Labute approximate surface area is 98.2 Å². The molecule has 1 aromatic rings. The fraction of sp³-hybridized carbons (Fsp3) is 0.273. The summed E-state index contributed by atoms with van der Waals surface area (Å²) in [5.74, 6) is -2.36. The lowest BCUT2D eigenvalue weighted by atomic mass is 10.2. The predicted octanol–water partition coefficient (Wildman–Crippen LogP) is 1.32. The molecular weight excluding hydrogens is 224 g/mol. The molecule has 0 saturated carbocycles. The van der Waals surface area contributed by atoms with E-state index in [1.165, 1.54) is 0 Å². The van der Waals surface area contributed by atoms with Crippen LogP contribution in [-0.2, 0) is 0 Å². The first-order valence-electron chi connectivity index (χ1n) is 5.04. The molecule has 0 spiro atoms. The average molecular weight is 238 g/mol. The van der Waals surface area contributed by atoms with Crippen molar-refractivity contribution in [3.05, 3.63) is 17.7 Å². The van der Waals surface area contributed by atoms with E-state index in [2.05, 4.69) is 10.5 Å². The molecule has 4 N–H and O–H groups in total. The fourth-order valence-corrected chi connectivity index (χ4v) is 1.03. The zero-order chi connectivity index (χ0) is 13.0. The third kappa shape index (κ3) is 3.10. The number of carbonyl (C=O) groups is 1. The van der Waals surface area contributed by atoms with Gasteiger partial charge in [-0.2, -0.15) is 5.10 Å². The highest BCUT2D eigenvalue weighted by atomic mass is 16.3. The summed E-state index contributed by atoms with van der Waals surface area (Å²) < 4.78 is 0. The van der Waals surface area contributed by atoms with Crippen molar-refractivity contribution >= 4 is 11.6 Å². The molecule has 1 amide bonds. The molecule has 1 aromatic carbocycles. The number of nitrogens with one attached hydrogen (secondary N) is 1. The Hall–Kier alpha value is -2.24. The van der Waals surface area contributed by atoms with Crippen LogP contribution < -0.4 is 5.43 Å². The Morgan fingerprint density at radius 1 is 1.29 bits per heavy atom. The van der Waals surface area contributed by atoms with Crippen LogP contribution in [0.15, 0.2) is 17.2 Å². The van der Waals surface area contributed by atoms with Crippen LogP contribution >= 0.6 is 0 Å². The van der Waals surface area contributed by atoms with Gasteiger partial charge in [0.05, 0.1) is 0 Å². The highest BCUT2D eigenvalue weighted by Gasteiger charge is 2.12. The molecule has 0 aliphatic heterocycles. The van der Waals surface area contributed by atoms with Crippen LogP contribution in [0.3, 0.4) is 0 Å². The minimum atomic E-state index is -0.658. The number of hydrogen-bond acceptors (Lipinski definition) is 5. The Morgan fingerprint density at radius 3 is 2.29 bits per heavy atom. The van der Waals surface area contributed by atoms with E-state index in [9.17, 15) is 15.0 Å². The van der Waals surface area contributed by atoms with Gasteiger partial charge in [0.1, 0.15) is 0 Å². The molecule has 0 radical (unpaired) electrons. The van der Waals surface area contributed by atoms with Gasteiger partial charge in [-0.1, -0.05) is 6.92 Å². The second kappa shape index (κ2) is 5.20. The van der Waals surface area contributed by atoms with Gasteiger partial charge in [0.15, 0.2) is 17.2 Å². The zero-order valence-corrected chi connectivity index (χ0v) is 9.56. The maximum atomic E-state index is 11.6. The van der Waals surface area contributed by atoms with E-state index in [1.807, 2.05) is 6.92 Å². The van der Waals surface area contributed by atoms with Gasteiger partial charge in [0.25, 0.3) is 5.91 Å². The van der Waals surface area contributed by atoms with Crippen molar-refractivity contribution in [2.75, 3.05) is 0 Å². The Balaban J connectivity index is 2.91. The number of nitrogens with zero attached hydrogens (tertiary/aromatic N) is 1. The van der Waals surface area contributed by atoms with E-state index in [1.54, 1.807) is 6.92 Å². The SMILES string of the molecule is CCC(C)=NNC(=O)c1cc(O)c(O)c(O)c1. The number of hydrazone groups is 1. The minimum absolute atomic E-state index is 0.00505. The molecule has 0 aromatic heterocycles. The van der Waals surface area contributed by atoms with Gasteiger partial charge in [-0.3, -0.25) is 4.79 Å². The van der Waals surface area contributed by atoms with E-state index in [-0.39, 0.29) is 5.56 Å². The summed E-state index contributed by atoms with van der Waals surface area (Å²) in [6.45, 7) is 3.65. The van der Waals surface area contributed by atoms with Gasteiger partial charge in [-0.15, -0.1) is 0 Å². The summed E-state index contributed by atoms with van der Waals surface area (Å²) in [5, 5.41) is 31.4. The van der Waals surface area contributed by atoms with Gasteiger partial charge >= 0.3 is 0 Å². The van der Waals surface area contributed by atoms with Gasteiger partial charge < -0.3 is 15.3 Å². The van der Waals surface area contributed by atoms with Gasteiger partial charge in [0.2, 0.25) is 0 Å². The monoisotopic (exact) mass is 238 g/mol. The van der Waals surface area contributed by atoms with Crippen molar-refractivity contribution < 1.29 is 20.1 Å². The lowest BCUT2D eigenvalue weighted by molar-refractivity contribution is 0.0954. The van der Waals surface area contributed by atoms with Crippen LogP contribution in [0.25, 0.3) is 0 Å². The summed E-state index contributed by atoms with van der Waals surface area (Å²) in [5.41, 5.74) is 3.02.